The third-order valence-electron chi connectivity index (χ3n) is 4.07. The number of nitrogens with two attached hydrogens (primary N) is 1. The molecule has 0 radical (unpaired) electrons. The van der Waals surface area contributed by atoms with Crippen LogP contribution in [0.2, 0.25) is 0 Å². The highest BCUT2D eigenvalue weighted by atomic mass is 14.9. The molecule has 2 atom stereocenters. The minimum Gasteiger partial charge on any atom is -0.399 e. The highest BCUT2D eigenvalue weighted by Crippen LogP contribution is 2.33. The SMILES string of the molecule is CCCCN[C@@H]1CCCC[C@H]1c1ccc(N)cc1. The van der Waals surface area contributed by atoms with Crippen molar-refractivity contribution >= 4 is 5.69 Å². The van der Waals surface area contributed by atoms with Gasteiger partial charge in [-0.3, -0.25) is 0 Å². The van der Waals surface area contributed by atoms with Crippen molar-refractivity contribution in [1.82, 2.24) is 5.32 Å². The molecule has 0 bridgehead atoms. The zero-order chi connectivity index (χ0) is 12.8. The fourth-order valence-corrected chi connectivity index (χ4v) is 2.98. The first kappa shape index (κ1) is 13.4. The summed E-state index contributed by atoms with van der Waals surface area (Å²) in [5.74, 6) is 0.677. The number of rotatable bonds is 5. The average molecular weight is 246 g/mol. The molecule has 0 aromatic heterocycles. The van der Waals surface area contributed by atoms with Crippen molar-refractivity contribution < 1.29 is 0 Å². The van der Waals surface area contributed by atoms with E-state index in [4.69, 9.17) is 5.73 Å². The second kappa shape index (κ2) is 6.79. The zero-order valence-corrected chi connectivity index (χ0v) is 11.5. The van der Waals surface area contributed by atoms with Gasteiger partial charge in [-0.15, -0.1) is 0 Å². The van der Waals surface area contributed by atoms with E-state index in [1.807, 2.05) is 12.1 Å². The molecular weight excluding hydrogens is 220 g/mol. The van der Waals surface area contributed by atoms with Crippen molar-refractivity contribution in [2.75, 3.05) is 12.3 Å². The Bertz CT molecular complexity index is 345. The van der Waals surface area contributed by atoms with Gasteiger partial charge < -0.3 is 11.1 Å². The number of unbranched alkanes of at least 4 members (excludes halogenated alkanes) is 1. The second-order valence-electron chi connectivity index (χ2n) is 5.47. The van der Waals surface area contributed by atoms with Crippen molar-refractivity contribution in [1.29, 1.82) is 0 Å². The summed E-state index contributed by atoms with van der Waals surface area (Å²) in [5.41, 5.74) is 8.10. The van der Waals surface area contributed by atoms with Crippen LogP contribution >= 0.6 is 0 Å². The van der Waals surface area contributed by atoms with Crippen molar-refractivity contribution in [3.05, 3.63) is 29.8 Å². The van der Waals surface area contributed by atoms with Crippen LogP contribution in [-0.2, 0) is 0 Å². The second-order valence-corrected chi connectivity index (χ2v) is 5.47. The van der Waals surface area contributed by atoms with E-state index >= 15 is 0 Å². The molecule has 1 aromatic carbocycles. The predicted octanol–water partition coefficient (Wildman–Crippen LogP) is 3.68. The Labute approximate surface area is 111 Å². The van der Waals surface area contributed by atoms with Crippen LogP contribution in [-0.4, -0.2) is 12.6 Å². The molecule has 2 rings (SSSR count). The van der Waals surface area contributed by atoms with Gasteiger partial charge >= 0.3 is 0 Å². The van der Waals surface area contributed by atoms with Gasteiger partial charge in [-0.1, -0.05) is 38.3 Å². The van der Waals surface area contributed by atoms with E-state index in [0.29, 0.717) is 12.0 Å². The molecule has 0 amide bonds. The molecule has 0 heterocycles. The van der Waals surface area contributed by atoms with Crippen LogP contribution in [0, 0.1) is 0 Å². The van der Waals surface area contributed by atoms with E-state index in [-0.39, 0.29) is 0 Å². The van der Waals surface area contributed by atoms with E-state index in [1.54, 1.807) is 0 Å². The van der Waals surface area contributed by atoms with Crippen LogP contribution in [0.5, 0.6) is 0 Å². The topological polar surface area (TPSA) is 38.0 Å². The lowest BCUT2D eigenvalue weighted by molar-refractivity contribution is 0.326. The van der Waals surface area contributed by atoms with Gasteiger partial charge in [0.1, 0.15) is 0 Å². The van der Waals surface area contributed by atoms with Gasteiger partial charge in [-0.05, 0) is 49.4 Å². The predicted molar refractivity (Wildman–Crippen MR) is 78.8 cm³/mol. The van der Waals surface area contributed by atoms with Crippen LogP contribution in [0.1, 0.15) is 56.9 Å². The van der Waals surface area contributed by atoms with E-state index in [1.165, 1.54) is 44.1 Å². The molecule has 1 aromatic rings. The van der Waals surface area contributed by atoms with Crippen LogP contribution < -0.4 is 11.1 Å². The molecule has 3 N–H and O–H groups in total. The van der Waals surface area contributed by atoms with Gasteiger partial charge in [0.05, 0.1) is 0 Å². The van der Waals surface area contributed by atoms with Crippen molar-refractivity contribution in [3.8, 4) is 0 Å². The van der Waals surface area contributed by atoms with Crippen LogP contribution in [0.25, 0.3) is 0 Å². The van der Waals surface area contributed by atoms with Crippen LogP contribution in [0.4, 0.5) is 5.69 Å². The summed E-state index contributed by atoms with van der Waals surface area (Å²) in [4.78, 5) is 0. The number of anilines is 1. The first-order valence-electron chi connectivity index (χ1n) is 7.40. The molecular formula is C16H26N2. The molecule has 2 heteroatoms. The zero-order valence-electron chi connectivity index (χ0n) is 11.5. The lowest BCUT2D eigenvalue weighted by atomic mass is 9.80. The molecule has 0 spiro atoms. The highest BCUT2D eigenvalue weighted by molar-refractivity contribution is 5.40. The number of benzene rings is 1. The largest absolute Gasteiger partial charge is 0.399 e. The van der Waals surface area contributed by atoms with Gasteiger partial charge in [0.2, 0.25) is 0 Å². The Balaban J connectivity index is 2.00. The molecule has 100 valence electrons. The summed E-state index contributed by atoms with van der Waals surface area (Å²) in [7, 11) is 0. The van der Waals surface area contributed by atoms with Gasteiger partial charge in [0.15, 0.2) is 0 Å². The summed E-state index contributed by atoms with van der Waals surface area (Å²) in [6.45, 7) is 3.41. The molecule has 1 saturated carbocycles. The fourth-order valence-electron chi connectivity index (χ4n) is 2.98. The summed E-state index contributed by atoms with van der Waals surface area (Å²) < 4.78 is 0. The number of hydrogen-bond donors (Lipinski definition) is 2. The minimum atomic E-state index is 0.661. The first-order chi connectivity index (χ1) is 8.81. The summed E-state index contributed by atoms with van der Waals surface area (Å²) in [5, 5.41) is 3.75. The van der Waals surface area contributed by atoms with E-state index < -0.39 is 0 Å². The molecule has 18 heavy (non-hydrogen) atoms. The molecule has 1 fully saturated rings. The Hall–Kier alpha value is -1.02. The van der Waals surface area contributed by atoms with E-state index in [9.17, 15) is 0 Å². The molecule has 2 nitrogen and oxygen atoms in total. The normalized spacial score (nSPS) is 24.1. The Morgan fingerprint density at radius 3 is 2.61 bits per heavy atom. The number of hydrogen-bond acceptors (Lipinski definition) is 2. The smallest absolute Gasteiger partial charge is 0.0314 e. The van der Waals surface area contributed by atoms with Gasteiger partial charge in [-0.2, -0.15) is 0 Å². The lowest BCUT2D eigenvalue weighted by Gasteiger charge is -2.33. The molecule has 0 saturated heterocycles. The standard InChI is InChI=1S/C16H26N2/c1-2-3-12-18-16-7-5-4-6-15(16)13-8-10-14(17)11-9-13/h8-11,15-16,18H,2-7,12,17H2,1H3/t15-,16+/m0/s1. The molecule has 0 unspecified atom stereocenters. The third-order valence-corrected chi connectivity index (χ3v) is 4.07. The van der Waals surface area contributed by atoms with Gasteiger partial charge in [-0.25, -0.2) is 0 Å². The Morgan fingerprint density at radius 2 is 1.89 bits per heavy atom. The highest BCUT2D eigenvalue weighted by Gasteiger charge is 2.25. The number of nitrogens with one attached hydrogen (secondary N) is 1. The van der Waals surface area contributed by atoms with Crippen molar-refractivity contribution in [3.63, 3.8) is 0 Å². The molecule has 1 aliphatic carbocycles. The first-order valence-corrected chi connectivity index (χ1v) is 7.40. The monoisotopic (exact) mass is 246 g/mol. The molecule has 1 aliphatic rings. The maximum atomic E-state index is 5.77. The van der Waals surface area contributed by atoms with Crippen molar-refractivity contribution in [2.45, 2.75) is 57.4 Å². The van der Waals surface area contributed by atoms with Crippen LogP contribution in [0.15, 0.2) is 24.3 Å². The maximum Gasteiger partial charge on any atom is 0.0314 e. The summed E-state index contributed by atoms with van der Waals surface area (Å²) >= 11 is 0. The van der Waals surface area contributed by atoms with Crippen molar-refractivity contribution in [2.24, 2.45) is 0 Å². The summed E-state index contributed by atoms with van der Waals surface area (Å²) in [6.07, 6.45) is 7.92. The Morgan fingerprint density at radius 1 is 1.17 bits per heavy atom. The van der Waals surface area contributed by atoms with E-state index in [2.05, 4.69) is 24.4 Å². The van der Waals surface area contributed by atoms with Gasteiger partial charge in [0, 0.05) is 11.7 Å². The maximum absolute atomic E-state index is 5.77. The third kappa shape index (κ3) is 3.49. The van der Waals surface area contributed by atoms with Gasteiger partial charge in [0.25, 0.3) is 0 Å². The lowest BCUT2D eigenvalue weighted by Crippen LogP contribution is -2.37. The Kier molecular flexibility index (Phi) is 5.06. The molecule has 0 aliphatic heterocycles. The summed E-state index contributed by atoms with van der Waals surface area (Å²) in [6, 6.07) is 9.15. The minimum absolute atomic E-state index is 0.661. The van der Waals surface area contributed by atoms with E-state index in [0.717, 1.165) is 12.2 Å². The van der Waals surface area contributed by atoms with Crippen LogP contribution in [0.3, 0.4) is 0 Å². The average Bonchev–Trinajstić information content (AvgIpc) is 2.41. The fraction of sp³-hybridized carbons (Fsp3) is 0.625. The number of nitrogen functional groups attached to an aromatic ring is 1. The quantitative estimate of drug-likeness (QED) is 0.614.